The van der Waals surface area contributed by atoms with Crippen molar-refractivity contribution >= 4 is 27.9 Å². The number of benzene rings is 2. The van der Waals surface area contributed by atoms with Crippen molar-refractivity contribution in [1.29, 1.82) is 5.41 Å². The summed E-state index contributed by atoms with van der Waals surface area (Å²) in [6.45, 7) is 2.48. The van der Waals surface area contributed by atoms with E-state index in [0.29, 0.717) is 29.8 Å². The number of hydrogen-bond acceptors (Lipinski definition) is 7. The molecule has 1 aliphatic rings. The van der Waals surface area contributed by atoms with Crippen LogP contribution in [0.3, 0.4) is 0 Å². The number of amidine groups is 1. The first kappa shape index (κ1) is 27.9. The Balaban J connectivity index is 1.79. The van der Waals surface area contributed by atoms with Gasteiger partial charge in [0.25, 0.3) is 10.2 Å². The van der Waals surface area contributed by atoms with Crippen LogP contribution in [0.2, 0.25) is 0 Å². The molecule has 6 N–H and O–H groups in total. The van der Waals surface area contributed by atoms with Crippen LogP contribution < -0.4 is 19.9 Å². The number of aromatic hydroxyl groups is 1. The van der Waals surface area contributed by atoms with Crippen LogP contribution in [0.15, 0.2) is 42.5 Å². The molecule has 0 aliphatic carbocycles. The summed E-state index contributed by atoms with van der Waals surface area (Å²) in [7, 11) is -2.81. The number of rotatable bonds is 10. The number of phenolic OH excluding ortho intramolecular Hbond substituents is 1. The summed E-state index contributed by atoms with van der Waals surface area (Å²) >= 11 is 0. The molecular weight excluding hydrogens is 500 g/mol. The van der Waals surface area contributed by atoms with E-state index < -0.39 is 22.2 Å². The van der Waals surface area contributed by atoms with Gasteiger partial charge in [-0.1, -0.05) is 30.3 Å². The molecule has 0 bridgehead atoms. The molecular formula is C24H32N6O6S. The van der Waals surface area contributed by atoms with Crippen molar-refractivity contribution in [3.8, 4) is 11.5 Å². The summed E-state index contributed by atoms with van der Waals surface area (Å²) in [5.74, 6) is -0.663. The van der Waals surface area contributed by atoms with E-state index >= 15 is 0 Å². The Morgan fingerprint density at radius 2 is 1.78 bits per heavy atom. The lowest BCUT2D eigenvalue weighted by atomic mass is 10.0. The van der Waals surface area contributed by atoms with Crippen LogP contribution in [0.5, 0.6) is 11.5 Å². The lowest BCUT2D eigenvalue weighted by Gasteiger charge is -2.36. The molecule has 2 amide bonds. The number of amides is 2. The van der Waals surface area contributed by atoms with E-state index in [2.05, 4.69) is 9.44 Å². The molecule has 1 unspecified atom stereocenters. The highest BCUT2D eigenvalue weighted by atomic mass is 32.2. The molecule has 12 nitrogen and oxygen atoms in total. The Hall–Kier alpha value is -3.68. The Kier molecular flexibility index (Phi) is 9.08. The molecule has 0 aromatic heterocycles. The van der Waals surface area contributed by atoms with Crippen molar-refractivity contribution < 1.29 is 27.9 Å². The van der Waals surface area contributed by atoms with Crippen molar-refractivity contribution in [2.75, 3.05) is 33.3 Å². The van der Waals surface area contributed by atoms with Gasteiger partial charge in [0.2, 0.25) is 11.8 Å². The molecule has 2 aromatic rings. The standard InChI is InChI=1S/C24H32N6O6S/c1-16(31)29-9-11-30(12-10-29)24(33)20(14-17-5-3-6-18(13-17)23(25)26)28-37(34,35)27-15-19-7-4-8-21(36-2)22(19)32/h3-8,13,20,27-28,32H,9-12,14-15H2,1-2H3,(H3,25,26). The van der Waals surface area contributed by atoms with Gasteiger partial charge in [-0.25, -0.2) is 0 Å². The number of nitrogen functional groups attached to an aromatic ring is 1. The number of carbonyl (C=O) groups excluding carboxylic acids is 2. The smallest absolute Gasteiger partial charge is 0.277 e. The summed E-state index contributed by atoms with van der Waals surface area (Å²) in [6.07, 6.45) is 0.0121. The van der Waals surface area contributed by atoms with Crippen LogP contribution in [-0.4, -0.2) is 80.3 Å². The van der Waals surface area contributed by atoms with Gasteiger partial charge in [-0.15, -0.1) is 0 Å². The van der Waals surface area contributed by atoms with Gasteiger partial charge in [-0.2, -0.15) is 17.9 Å². The van der Waals surface area contributed by atoms with Crippen molar-refractivity contribution in [1.82, 2.24) is 19.2 Å². The largest absolute Gasteiger partial charge is 0.504 e. The van der Waals surface area contributed by atoms with E-state index in [1.165, 1.54) is 18.9 Å². The third kappa shape index (κ3) is 7.41. The summed E-state index contributed by atoms with van der Waals surface area (Å²) in [5.41, 5.74) is 6.94. The van der Waals surface area contributed by atoms with Crippen LogP contribution in [-0.2, 0) is 32.8 Å². The van der Waals surface area contributed by atoms with Crippen LogP contribution in [0, 0.1) is 5.41 Å². The molecule has 1 aliphatic heterocycles. The van der Waals surface area contributed by atoms with Gasteiger partial charge in [-0.3, -0.25) is 15.0 Å². The van der Waals surface area contributed by atoms with E-state index in [0.717, 1.165) is 0 Å². The maximum absolute atomic E-state index is 13.4. The van der Waals surface area contributed by atoms with Gasteiger partial charge < -0.3 is 25.4 Å². The highest BCUT2D eigenvalue weighted by Gasteiger charge is 2.31. The van der Waals surface area contributed by atoms with E-state index in [1.807, 2.05) is 0 Å². The lowest BCUT2D eigenvalue weighted by Crippen LogP contribution is -2.57. The molecule has 1 fully saturated rings. The zero-order valence-corrected chi connectivity index (χ0v) is 21.5. The number of para-hydroxylation sites is 1. The Morgan fingerprint density at radius 1 is 1.14 bits per heavy atom. The van der Waals surface area contributed by atoms with Crippen molar-refractivity contribution in [2.24, 2.45) is 5.73 Å². The van der Waals surface area contributed by atoms with Gasteiger partial charge in [0.15, 0.2) is 11.5 Å². The summed E-state index contributed by atoms with van der Waals surface area (Å²) in [4.78, 5) is 28.2. The Labute approximate surface area is 216 Å². The first-order valence-electron chi connectivity index (χ1n) is 11.6. The van der Waals surface area contributed by atoms with Gasteiger partial charge in [0, 0.05) is 50.8 Å². The molecule has 0 spiro atoms. The van der Waals surface area contributed by atoms with Gasteiger partial charge in [0.05, 0.1) is 7.11 Å². The average molecular weight is 533 g/mol. The van der Waals surface area contributed by atoms with E-state index in [-0.39, 0.29) is 49.3 Å². The number of phenols is 1. The summed E-state index contributed by atoms with van der Waals surface area (Å²) in [6, 6.07) is 10.2. The predicted molar refractivity (Wildman–Crippen MR) is 137 cm³/mol. The highest BCUT2D eigenvalue weighted by Crippen LogP contribution is 2.29. The van der Waals surface area contributed by atoms with E-state index in [9.17, 15) is 23.1 Å². The molecule has 2 aromatic carbocycles. The monoisotopic (exact) mass is 532 g/mol. The van der Waals surface area contributed by atoms with Crippen LogP contribution in [0.25, 0.3) is 0 Å². The first-order chi connectivity index (χ1) is 17.5. The number of methoxy groups -OCH3 is 1. The topological polar surface area (TPSA) is 178 Å². The second kappa shape index (κ2) is 12.0. The molecule has 3 rings (SSSR count). The second-order valence-corrected chi connectivity index (χ2v) is 10.1. The van der Waals surface area contributed by atoms with E-state index in [4.69, 9.17) is 15.9 Å². The molecule has 1 heterocycles. The molecule has 1 atom stereocenters. The predicted octanol–water partition coefficient (Wildman–Crippen LogP) is -0.0891. The first-order valence-corrected chi connectivity index (χ1v) is 13.1. The van der Waals surface area contributed by atoms with Crippen LogP contribution in [0.4, 0.5) is 0 Å². The maximum Gasteiger partial charge on any atom is 0.277 e. The molecule has 1 saturated heterocycles. The van der Waals surface area contributed by atoms with Gasteiger partial charge in [0.1, 0.15) is 11.9 Å². The number of nitrogens with two attached hydrogens (primary N) is 1. The summed E-state index contributed by atoms with van der Waals surface area (Å²) in [5, 5.41) is 17.9. The quantitative estimate of drug-likeness (QED) is 0.210. The Morgan fingerprint density at radius 3 is 2.41 bits per heavy atom. The summed E-state index contributed by atoms with van der Waals surface area (Å²) < 4.78 is 35.8. The third-order valence-corrected chi connectivity index (χ3v) is 7.18. The third-order valence-electron chi connectivity index (χ3n) is 6.07. The molecule has 0 saturated carbocycles. The Bertz CT molecular complexity index is 1260. The number of nitrogens with zero attached hydrogens (tertiary/aromatic N) is 2. The molecule has 13 heteroatoms. The van der Waals surface area contributed by atoms with Gasteiger partial charge >= 0.3 is 0 Å². The average Bonchev–Trinajstić information content (AvgIpc) is 2.87. The van der Waals surface area contributed by atoms with Crippen LogP contribution in [0.1, 0.15) is 23.6 Å². The zero-order valence-electron chi connectivity index (χ0n) is 20.7. The van der Waals surface area contributed by atoms with Crippen molar-refractivity contribution in [2.45, 2.75) is 25.9 Å². The number of hydrogen-bond donors (Lipinski definition) is 5. The van der Waals surface area contributed by atoms with Gasteiger partial charge in [-0.05, 0) is 24.1 Å². The maximum atomic E-state index is 13.4. The molecule has 0 radical (unpaired) electrons. The SMILES string of the molecule is COc1cccc(CNS(=O)(=O)NC(Cc2cccc(C(=N)N)c2)C(=O)N2CCN(C(C)=O)CC2)c1O. The highest BCUT2D eigenvalue weighted by molar-refractivity contribution is 7.87. The number of piperazine rings is 1. The fraction of sp³-hybridized carbons (Fsp3) is 0.375. The van der Waals surface area contributed by atoms with Crippen LogP contribution >= 0.6 is 0 Å². The number of nitrogens with one attached hydrogen (secondary N) is 3. The molecule has 37 heavy (non-hydrogen) atoms. The second-order valence-electron chi connectivity index (χ2n) is 8.61. The lowest BCUT2D eigenvalue weighted by molar-refractivity contribution is -0.139. The normalized spacial score (nSPS) is 14.8. The number of carbonyl (C=O) groups is 2. The van der Waals surface area contributed by atoms with Crippen molar-refractivity contribution in [3.63, 3.8) is 0 Å². The zero-order chi connectivity index (χ0) is 27.2. The fourth-order valence-electron chi connectivity index (χ4n) is 4.02. The number of ether oxygens (including phenoxy) is 1. The van der Waals surface area contributed by atoms with Crippen molar-refractivity contribution in [3.05, 3.63) is 59.2 Å². The molecule has 200 valence electrons. The minimum absolute atomic E-state index is 0.0121. The minimum Gasteiger partial charge on any atom is -0.504 e. The van der Waals surface area contributed by atoms with E-state index in [1.54, 1.807) is 47.4 Å². The fourth-order valence-corrected chi connectivity index (χ4v) is 5.01. The minimum atomic E-state index is -4.20.